The second-order valence-electron chi connectivity index (χ2n) is 6.47. The van der Waals surface area contributed by atoms with Crippen LogP contribution in [-0.4, -0.2) is 31.8 Å². The van der Waals surface area contributed by atoms with Gasteiger partial charge in [0, 0.05) is 36.1 Å². The van der Waals surface area contributed by atoms with Gasteiger partial charge in [0.2, 0.25) is 0 Å². The van der Waals surface area contributed by atoms with E-state index >= 15 is 0 Å². The lowest BCUT2D eigenvalue weighted by molar-refractivity contribution is 0.0524. The van der Waals surface area contributed by atoms with Crippen molar-refractivity contribution in [3.05, 3.63) is 36.1 Å². The standard InChI is InChI=1S/C18H24N2O2/c1-2-7-18-14(4-1)13(11-22-18)10-20-16-6-3-5-15(16)17-12-21-9-8-19-17/h1-2,4,7,11,15-17,19-20H,3,5-6,8-10,12H2. The molecule has 0 bridgehead atoms. The summed E-state index contributed by atoms with van der Waals surface area (Å²) in [6.45, 7) is 3.58. The molecule has 1 aromatic heterocycles. The van der Waals surface area contributed by atoms with Gasteiger partial charge in [0.15, 0.2) is 0 Å². The molecular weight excluding hydrogens is 276 g/mol. The number of hydrogen-bond donors (Lipinski definition) is 2. The number of nitrogens with one attached hydrogen (secondary N) is 2. The molecule has 0 spiro atoms. The van der Waals surface area contributed by atoms with Gasteiger partial charge in [-0.05, 0) is 24.8 Å². The molecule has 4 heteroatoms. The number of fused-ring (bicyclic) bond motifs is 1. The van der Waals surface area contributed by atoms with Gasteiger partial charge in [-0.3, -0.25) is 0 Å². The predicted molar refractivity (Wildman–Crippen MR) is 86.8 cm³/mol. The second kappa shape index (κ2) is 6.41. The van der Waals surface area contributed by atoms with Gasteiger partial charge in [0.25, 0.3) is 0 Å². The lowest BCUT2D eigenvalue weighted by Gasteiger charge is -2.33. The van der Waals surface area contributed by atoms with Gasteiger partial charge < -0.3 is 19.8 Å². The van der Waals surface area contributed by atoms with E-state index in [0.717, 1.165) is 31.9 Å². The summed E-state index contributed by atoms with van der Waals surface area (Å²) in [4.78, 5) is 0. The first-order chi connectivity index (χ1) is 10.9. The topological polar surface area (TPSA) is 46.4 Å². The van der Waals surface area contributed by atoms with E-state index in [1.807, 2.05) is 18.4 Å². The van der Waals surface area contributed by atoms with Crippen LogP contribution < -0.4 is 10.6 Å². The summed E-state index contributed by atoms with van der Waals surface area (Å²) >= 11 is 0. The molecule has 2 fully saturated rings. The molecule has 2 aliphatic rings. The van der Waals surface area contributed by atoms with E-state index in [0.29, 0.717) is 18.0 Å². The molecular formula is C18H24N2O2. The third-order valence-corrected chi connectivity index (χ3v) is 5.15. The minimum Gasteiger partial charge on any atom is -0.464 e. The smallest absolute Gasteiger partial charge is 0.134 e. The van der Waals surface area contributed by atoms with E-state index in [4.69, 9.17) is 9.15 Å². The van der Waals surface area contributed by atoms with Crippen molar-refractivity contribution >= 4 is 11.0 Å². The van der Waals surface area contributed by atoms with Crippen molar-refractivity contribution in [2.75, 3.05) is 19.8 Å². The Morgan fingerprint density at radius 3 is 3.09 bits per heavy atom. The quantitative estimate of drug-likeness (QED) is 0.911. The maximum absolute atomic E-state index is 5.65. The number of rotatable bonds is 4. The van der Waals surface area contributed by atoms with Gasteiger partial charge in [-0.25, -0.2) is 0 Å². The fourth-order valence-electron chi connectivity index (χ4n) is 4.00. The molecule has 1 aliphatic carbocycles. The molecule has 0 radical (unpaired) electrons. The summed E-state index contributed by atoms with van der Waals surface area (Å²) in [5.74, 6) is 0.679. The SMILES string of the molecule is c1ccc2c(CNC3CCCC3C3COCCN3)coc2c1. The monoisotopic (exact) mass is 300 g/mol. The van der Waals surface area contributed by atoms with E-state index in [2.05, 4.69) is 22.8 Å². The van der Waals surface area contributed by atoms with E-state index in [9.17, 15) is 0 Å². The molecule has 1 saturated heterocycles. The Morgan fingerprint density at radius 1 is 1.23 bits per heavy atom. The zero-order chi connectivity index (χ0) is 14.8. The van der Waals surface area contributed by atoms with Gasteiger partial charge >= 0.3 is 0 Å². The van der Waals surface area contributed by atoms with Crippen LogP contribution in [0.3, 0.4) is 0 Å². The van der Waals surface area contributed by atoms with Gasteiger partial charge in [0.05, 0.1) is 19.5 Å². The molecule has 3 unspecified atom stereocenters. The van der Waals surface area contributed by atoms with Gasteiger partial charge in [0.1, 0.15) is 5.58 Å². The minimum absolute atomic E-state index is 0.509. The summed E-state index contributed by atoms with van der Waals surface area (Å²) in [5.41, 5.74) is 2.23. The molecule has 2 heterocycles. The molecule has 1 aliphatic heterocycles. The first-order valence-electron chi connectivity index (χ1n) is 8.41. The molecule has 0 amide bonds. The summed E-state index contributed by atoms with van der Waals surface area (Å²) in [6, 6.07) is 9.34. The Kier molecular flexibility index (Phi) is 4.15. The Labute approximate surface area is 131 Å². The fraction of sp³-hybridized carbons (Fsp3) is 0.556. The number of ether oxygens (including phenoxy) is 1. The molecule has 22 heavy (non-hydrogen) atoms. The third kappa shape index (κ3) is 2.78. The number of hydrogen-bond acceptors (Lipinski definition) is 4. The number of morpholine rings is 1. The summed E-state index contributed by atoms with van der Waals surface area (Å²) in [7, 11) is 0. The third-order valence-electron chi connectivity index (χ3n) is 5.15. The molecule has 2 N–H and O–H groups in total. The number of benzene rings is 1. The van der Waals surface area contributed by atoms with Crippen LogP contribution in [0.2, 0.25) is 0 Å². The normalized spacial score (nSPS) is 29.2. The zero-order valence-corrected chi connectivity index (χ0v) is 12.9. The molecule has 4 rings (SSSR count). The summed E-state index contributed by atoms with van der Waals surface area (Å²) < 4.78 is 11.3. The van der Waals surface area contributed by atoms with Crippen molar-refractivity contribution in [1.82, 2.24) is 10.6 Å². The van der Waals surface area contributed by atoms with Crippen LogP contribution in [0.15, 0.2) is 34.9 Å². The minimum atomic E-state index is 0.509. The number of furan rings is 1. The van der Waals surface area contributed by atoms with Gasteiger partial charge in [-0.1, -0.05) is 24.6 Å². The van der Waals surface area contributed by atoms with Crippen LogP contribution in [0.5, 0.6) is 0 Å². The lowest BCUT2D eigenvalue weighted by Crippen LogP contribution is -2.50. The van der Waals surface area contributed by atoms with Crippen LogP contribution in [0.4, 0.5) is 0 Å². The molecule has 4 nitrogen and oxygen atoms in total. The highest BCUT2D eigenvalue weighted by Gasteiger charge is 2.34. The van der Waals surface area contributed by atoms with Crippen molar-refractivity contribution in [3.63, 3.8) is 0 Å². The highest BCUT2D eigenvalue weighted by molar-refractivity contribution is 5.80. The first kappa shape index (κ1) is 14.2. The first-order valence-corrected chi connectivity index (χ1v) is 8.41. The Hall–Kier alpha value is -1.36. The highest BCUT2D eigenvalue weighted by Crippen LogP contribution is 2.30. The maximum atomic E-state index is 5.65. The highest BCUT2D eigenvalue weighted by atomic mass is 16.5. The number of para-hydroxylation sites is 1. The van der Waals surface area contributed by atoms with Crippen LogP contribution >= 0.6 is 0 Å². The van der Waals surface area contributed by atoms with Crippen LogP contribution in [0, 0.1) is 5.92 Å². The van der Waals surface area contributed by atoms with E-state index in [-0.39, 0.29) is 0 Å². The molecule has 1 saturated carbocycles. The average molecular weight is 300 g/mol. The predicted octanol–water partition coefficient (Wildman–Crippen LogP) is 2.68. The van der Waals surface area contributed by atoms with Crippen molar-refractivity contribution in [2.45, 2.75) is 37.9 Å². The van der Waals surface area contributed by atoms with Crippen LogP contribution in [-0.2, 0) is 11.3 Å². The molecule has 2 aromatic rings. The molecule has 3 atom stereocenters. The lowest BCUT2D eigenvalue weighted by atomic mass is 9.94. The largest absolute Gasteiger partial charge is 0.464 e. The van der Waals surface area contributed by atoms with Crippen molar-refractivity contribution < 1.29 is 9.15 Å². The van der Waals surface area contributed by atoms with Crippen LogP contribution in [0.1, 0.15) is 24.8 Å². The average Bonchev–Trinajstić information content (AvgIpc) is 3.20. The van der Waals surface area contributed by atoms with E-state index in [1.54, 1.807) is 0 Å². The van der Waals surface area contributed by atoms with Crippen molar-refractivity contribution in [3.8, 4) is 0 Å². The van der Waals surface area contributed by atoms with Gasteiger partial charge in [-0.15, -0.1) is 0 Å². The zero-order valence-electron chi connectivity index (χ0n) is 12.9. The Bertz CT molecular complexity index is 618. The summed E-state index contributed by atoms with van der Waals surface area (Å²) in [6.07, 6.45) is 5.76. The Balaban J connectivity index is 1.42. The second-order valence-corrected chi connectivity index (χ2v) is 6.47. The van der Waals surface area contributed by atoms with E-state index < -0.39 is 0 Å². The Morgan fingerprint density at radius 2 is 2.18 bits per heavy atom. The maximum Gasteiger partial charge on any atom is 0.134 e. The van der Waals surface area contributed by atoms with Crippen molar-refractivity contribution in [2.24, 2.45) is 5.92 Å². The summed E-state index contributed by atoms with van der Waals surface area (Å²) in [5, 5.41) is 8.62. The fourth-order valence-corrected chi connectivity index (χ4v) is 4.00. The van der Waals surface area contributed by atoms with Crippen molar-refractivity contribution in [1.29, 1.82) is 0 Å². The van der Waals surface area contributed by atoms with Gasteiger partial charge in [-0.2, -0.15) is 0 Å². The van der Waals surface area contributed by atoms with Crippen LogP contribution in [0.25, 0.3) is 11.0 Å². The molecule has 1 aromatic carbocycles. The van der Waals surface area contributed by atoms with E-state index in [1.165, 1.54) is 30.2 Å². The molecule has 118 valence electrons.